The Bertz CT molecular complexity index is 1290. The third-order valence-electron chi connectivity index (χ3n) is 6.21. The molecule has 1 unspecified atom stereocenters. The van der Waals surface area contributed by atoms with Crippen LogP contribution in [0.3, 0.4) is 0 Å². The number of piperidine rings is 1. The zero-order valence-corrected chi connectivity index (χ0v) is 19.3. The van der Waals surface area contributed by atoms with Crippen LogP contribution in [0.25, 0.3) is 16.8 Å². The summed E-state index contributed by atoms with van der Waals surface area (Å²) in [7, 11) is 0. The lowest BCUT2D eigenvalue weighted by Gasteiger charge is -2.40. The second-order valence-corrected chi connectivity index (χ2v) is 8.97. The molecule has 4 aromatic rings. The highest BCUT2D eigenvalue weighted by molar-refractivity contribution is 6.31. The number of carbonyl (C=O) groups excluding carboxylic acids is 1. The molecular formula is C24H25ClN6O2. The molecule has 1 fully saturated rings. The average molecular weight is 465 g/mol. The van der Waals surface area contributed by atoms with Gasteiger partial charge in [0.1, 0.15) is 5.52 Å². The number of anilines is 1. The van der Waals surface area contributed by atoms with E-state index >= 15 is 0 Å². The van der Waals surface area contributed by atoms with Crippen molar-refractivity contribution < 1.29 is 9.21 Å². The molecule has 0 bridgehead atoms. The van der Waals surface area contributed by atoms with Crippen molar-refractivity contribution in [1.29, 1.82) is 0 Å². The van der Waals surface area contributed by atoms with Gasteiger partial charge in [0.05, 0.1) is 29.7 Å². The summed E-state index contributed by atoms with van der Waals surface area (Å²) in [5.74, 6) is 0.304. The van der Waals surface area contributed by atoms with Gasteiger partial charge in [-0.25, -0.2) is 0 Å². The zero-order valence-electron chi connectivity index (χ0n) is 18.5. The Hall–Kier alpha value is -3.39. The predicted octanol–water partition coefficient (Wildman–Crippen LogP) is 4.72. The molecule has 0 radical (unpaired) electrons. The predicted molar refractivity (Wildman–Crippen MR) is 127 cm³/mol. The molecule has 33 heavy (non-hydrogen) atoms. The van der Waals surface area contributed by atoms with E-state index in [2.05, 4.69) is 27.4 Å². The van der Waals surface area contributed by atoms with Gasteiger partial charge in [-0.15, -0.1) is 0 Å². The van der Waals surface area contributed by atoms with Crippen molar-refractivity contribution in [2.75, 3.05) is 18.4 Å². The summed E-state index contributed by atoms with van der Waals surface area (Å²) in [5, 5.41) is 12.4. The van der Waals surface area contributed by atoms with Crippen LogP contribution in [0.2, 0.25) is 5.02 Å². The van der Waals surface area contributed by atoms with Crippen LogP contribution < -0.4 is 5.32 Å². The molecule has 1 amide bonds. The number of rotatable bonds is 5. The number of fused-ring (bicyclic) bond motifs is 1. The van der Waals surface area contributed by atoms with Crippen molar-refractivity contribution >= 4 is 34.6 Å². The maximum Gasteiger partial charge on any atom is 0.295 e. The van der Waals surface area contributed by atoms with Crippen LogP contribution in [-0.4, -0.2) is 49.9 Å². The number of aromatic nitrogens is 4. The summed E-state index contributed by atoms with van der Waals surface area (Å²) in [5.41, 5.74) is 3.66. The van der Waals surface area contributed by atoms with Gasteiger partial charge in [0, 0.05) is 18.1 Å². The first kappa shape index (κ1) is 21.5. The van der Waals surface area contributed by atoms with Gasteiger partial charge in [-0.2, -0.15) is 20.0 Å². The molecule has 0 saturated carbocycles. The maximum atomic E-state index is 13.8. The van der Waals surface area contributed by atoms with E-state index in [0.29, 0.717) is 52.4 Å². The standard InChI is InChI=1S/C24H25ClN6O2/c1-15-5-7-20(31-27-9-10-28-31)18(12-15)23(32)30-11-3-4-16(2)21(30)14-26-24-29-19-13-17(25)6-8-22(19)33-24/h5-10,12-13,16,21H,3-4,11,14H2,1-2H3,(H,26,29)/t16-,21?/m1/s1. The first-order chi connectivity index (χ1) is 16.0. The van der Waals surface area contributed by atoms with Crippen LogP contribution in [0.5, 0.6) is 0 Å². The smallest absolute Gasteiger partial charge is 0.295 e. The first-order valence-corrected chi connectivity index (χ1v) is 11.5. The van der Waals surface area contributed by atoms with E-state index in [1.807, 2.05) is 30.0 Å². The minimum Gasteiger partial charge on any atom is -0.424 e. The summed E-state index contributed by atoms with van der Waals surface area (Å²) in [6.07, 6.45) is 5.24. The summed E-state index contributed by atoms with van der Waals surface area (Å²) < 4.78 is 5.81. The molecule has 1 aliphatic rings. The monoisotopic (exact) mass is 464 g/mol. The Morgan fingerprint density at radius 3 is 2.85 bits per heavy atom. The number of amides is 1. The van der Waals surface area contributed by atoms with Crippen LogP contribution in [-0.2, 0) is 0 Å². The van der Waals surface area contributed by atoms with Gasteiger partial charge in [0.15, 0.2) is 5.58 Å². The number of hydrogen-bond acceptors (Lipinski definition) is 6. The van der Waals surface area contributed by atoms with Gasteiger partial charge in [0.25, 0.3) is 11.9 Å². The minimum atomic E-state index is -0.0197. The molecule has 8 nitrogen and oxygen atoms in total. The van der Waals surface area contributed by atoms with Crippen LogP contribution in [0.1, 0.15) is 35.7 Å². The number of aryl methyl sites for hydroxylation is 1. The Kier molecular flexibility index (Phi) is 5.76. The number of nitrogens with one attached hydrogen (secondary N) is 1. The molecule has 2 aromatic carbocycles. The van der Waals surface area contributed by atoms with E-state index in [1.54, 1.807) is 30.6 Å². The lowest BCUT2D eigenvalue weighted by molar-refractivity contribution is 0.0539. The lowest BCUT2D eigenvalue weighted by Crippen LogP contribution is -2.51. The molecule has 0 aliphatic carbocycles. The van der Waals surface area contributed by atoms with Gasteiger partial charge in [-0.05, 0) is 56.0 Å². The second-order valence-electron chi connectivity index (χ2n) is 8.54. The van der Waals surface area contributed by atoms with Crippen LogP contribution >= 0.6 is 11.6 Å². The minimum absolute atomic E-state index is 0.0104. The molecular weight excluding hydrogens is 440 g/mol. The number of hydrogen-bond donors (Lipinski definition) is 1. The SMILES string of the molecule is Cc1ccc(-n2nccn2)c(C(=O)N2CCC[C@@H](C)C2CNc2nc3cc(Cl)ccc3o2)c1. The molecule has 170 valence electrons. The third kappa shape index (κ3) is 4.30. The fraction of sp³-hybridized carbons (Fsp3) is 0.333. The summed E-state index contributed by atoms with van der Waals surface area (Å²) in [4.78, 5) is 21.7. The average Bonchev–Trinajstić information content (AvgIpc) is 3.47. The second kappa shape index (κ2) is 8.86. The van der Waals surface area contributed by atoms with Crippen molar-refractivity contribution in [3.63, 3.8) is 0 Å². The molecule has 0 spiro atoms. The van der Waals surface area contributed by atoms with Crippen molar-refractivity contribution in [2.24, 2.45) is 5.92 Å². The van der Waals surface area contributed by atoms with Crippen LogP contribution in [0.15, 0.2) is 53.2 Å². The Balaban J connectivity index is 1.40. The number of likely N-dealkylation sites (tertiary alicyclic amines) is 1. The normalized spacial score (nSPS) is 18.6. The van der Waals surface area contributed by atoms with Crippen molar-refractivity contribution in [2.45, 2.75) is 32.7 Å². The summed E-state index contributed by atoms with van der Waals surface area (Å²) >= 11 is 6.06. The highest BCUT2D eigenvalue weighted by Gasteiger charge is 2.33. The number of nitrogens with zero attached hydrogens (tertiary/aromatic N) is 5. The van der Waals surface area contributed by atoms with Crippen molar-refractivity contribution in [3.05, 3.63) is 64.9 Å². The van der Waals surface area contributed by atoms with Crippen molar-refractivity contribution in [1.82, 2.24) is 24.9 Å². The quantitative estimate of drug-likeness (QED) is 0.459. The number of oxazole rings is 1. The highest BCUT2D eigenvalue weighted by Crippen LogP contribution is 2.28. The van der Waals surface area contributed by atoms with Crippen molar-refractivity contribution in [3.8, 4) is 5.69 Å². The van der Waals surface area contributed by atoms with E-state index < -0.39 is 0 Å². The zero-order chi connectivity index (χ0) is 22.9. The fourth-order valence-electron chi connectivity index (χ4n) is 4.47. The van der Waals surface area contributed by atoms with E-state index in [0.717, 1.165) is 18.4 Å². The number of benzene rings is 2. The maximum absolute atomic E-state index is 13.8. The van der Waals surface area contributed by atoms with Crippen LogP contribution in [0.4, 0.5) is 6.01 Å². The molecule has 1 aliphatic heterocycles. The fourth-order valence-corrected chi connectivity index (χ4v) is 4.64. The molecule has 1 saturated heterocycles. The van der Waals surface area contributed by atoms with Gasteiger partial charge >= 0.3 is 0 Å². The number of carbonyl (C=O) groups is 1. The van der Waals surface area contributed by atoms with Crippen LogP contribution in [0, 0.1) is 12.8 Å². The summed E-state index contributed by atoms with van der Waals surface area (Å²) in [6, 6.07) is 11.5. The molecule has 2 aromatic heterocycles. The van der Waals surface area contributed by atoms with Gasteiger partial charge in [-0.3, -0.25) is 4.79 Å². The summed E-state index contributed by atoms with van der Waals surface area (Å²) in [6.45, 7) is 5.39. The highest BCUT2D eigenvalue weighted by atomic mass is 35.5. The van der Waals surface area contributed by atoms with E-state index in [1.165, 1.54) is 4.80 Å². The molecule has 3 heterocycles. The van der Waals surface area contributed by atoms with Gasteiger partial charge in [-0.1, -0.05) is 30.2 Å². The molecule has 2 atom stereocenters. The van der Waals surface area contributed by atoms with E-state index in [-0.39, 0.29) is 11.9 Å². The molecule has 1 N–H and O–H groups in total. The first-order valence-electron chi connectivity index (χ1n) is 11.1. The Labute approximate surface area is 196 Å². The lowest BCUT2D eigenvalue weighted by atomic mass is 9.90. The Morgan fingerprint density at radius 1 is 1.21 bits per heavy atom. The molecule has 9 heteroatoms. The molecule has 5 rings (SSSR count). The topological polar surface area (TPSA) is 89.1 Å². The Morgan fingerprint density at radius 2 is 2.03 bits per heavy atom. The van der Waals surface area contributed by atoms with Gasteiger partial charge < -0.3 is 14.6 Å². The van der Waals surface area contributed by atoms with E-state index in [9.17, 15) is 4.79 Å². The number of halogens is 1. The van der Waals surface area contributed by atoms with Gasteiger partial charge in [0.2, 0.25) is 0 Å². The third-order valence-corrected chi connectivity index (χ3v) is 6.44. The van der Waals surface area contributed by atoms with E-state index in [4.69, 9.17) is 16.0 Å². The largest absolute Gasteiger partial charge is 0.424 e.